The number of carbonyl (C=O) groups is 1. The fourth-order valence-electron chi connectivity index (χ4n) is 2.06. The summed E-state index contributed by atoms with van der Waals surface area (Å²) in [6, 6.07) is 10.9. The van der Waals surface area contributed by atoms with Crippen LogP contribution in [0.15, 0.2) is 61.3 Å². The zero-order valence-electron chi connectivity index (χ0n) is 12.1. The molecule has 0 unspecified atom stereocenters. The summed E-state index contributed by atoms with van der Waals surface area (Å²) in [4.78, 5) is 24.3. The maximum Gasteiger partial charge on any atom is 0.253 e. The number of halogens is 1. The summed E-state index contributed by atoms with van der Waals surface area (Å²) >= 11 is 5.92. The van der Waals surface area contributed by atoms with Crippen LogP contribution in [0.4, 0.5) is 0 Å². The molecule has 2 aromatic heterocycles. The SMILES string of the molecule is O=C(NCc1cccc(Cl)c1)c1ccc(-c2cncnc2)nc1. The molecule has 114 valence electrons. The Kier molecular flexibility index (Phi) is 4.59. The first kappa shape index (κ1) is 15.1. The van der Waals surface area contributed by atoms with Gasteiger partial charge in [-0.1, -0.05) is 23.7 Å². The predicted octanol–water partition coefficient (Wildman–Crippen LogP) is 3.12. The van der Waals surface area contributed by atoms with Gasteiger partial charge in [-0.3, -0.25) is 9.78 Å². The predicted molar refractivity (Wildman–Crippen MR) is 87.9 cm³/mol. The molecular formula is C17H13ClN4O. The molecular weight excluding hydrogens is 312 g/mol. The second-order valence-corrected chi connectivity index (χ2v) is 5.31. The van der Waals surface area contributed by atoms with Gasteiger partial charge in [0.2, 0.25) is 0 Å². The monoisotopic (exact) mass is 324 g/mol. The molecule has 0 aliphatic heterocycles. The molecule has 2 heterocycles. The lowest BCUT2D eigenvalue weighted by Gasteiger charge is -2.06. The molecule has 1 N–H and O–H groups in total. The molecule has 0 fully saturated rings. The number of nitrogens with zero attached hydrogens (tertiary/aromatic N) is 3. The summed E-state index contributed by atoms with van der Waals surface area (Å²) in [5.41, 5.74) is 2.96. The van der Waals surface area contributed by atoms with Gasteiger partial charge < -0.3 is 5.32 Å². The molecule has 0 saturated heterocycles. The highest BCUT2D eigenvalue weighted by molar-refractivity contribution is 6.30. The van der Waals surface area contributed by atoms with E-state index in [1.165, 1.54) is 12.5 Å². The number of aromatic nitrogens is 3. The topological polar surface area (TPSA) is 67.8 Å². The van der Waals surface area contributed by atoms with Crippen molar-refractivity contribution in [3.05, 3.63) is 77.5 Å². The van der Waals surface area contributed by atoms with Gasteiger partial charge in [-0.2, -0.15) is 0 Å². The highest BCUT2D eigenvalue weighted by Gasteiger charge is 2.07. The van der Waals surface area contributed by atoms with Crippen LogP contribution in [-0.4, -0.2) is 20.9 Å². The smallest absolute Gasteiger partial charge is 0.253 e. The summed E-state index contributed by atoms with van der Waals surface area (Å²) in [5, 5.41) is 3.49. The molecule has 6 heteroatoms. The van der Waals surface area contributed by atoms with Crippen LogP contribution in [0.25, 0.3) is 11.3 Å². The lowest BCUT2D eigenvalue weighted by molar-refractivity contribution is 0.0950. The Bertz CT molecular complexity index is 806. The Balaban J connectivity index is 1.66. The molecule has 0 spiro atoms. The lowest BCUT2D eigenvalue weighted by Crippen LogP contribution is -2.22. The third-order valence-corrected chi connectivity index (χ3v) is 3.46. The van der Waals surface area contributed by atoms with Crippen molar-refractivity contribution in [3.63, 3.8) is 0 Å². The first-order valence-electron chi connectivity index (χ1n) is 6.96. The number of hydrogen-bond donors (Lipinski definition) is 1. The second kappa shape index (κ2) is 6.98. The van der Waals surface area contributed by atoms with Gasteiger partial charge in [0.05, 0.1) is 11.3 Å². The van der Waals surface area contributed by atoms with E-state index in [0.29, 0.717) is 17.1 Å². The van der Waals surface area contributed by atoms with Gasteiger partial charge in [0.1, 0.15) is 6.33 Å². The third-order valence-electron chi connectivity index (χ3n) is 3.22. The van der Waals surface area contributed by atoms with E-state index in [-0.39, 0.29) is 5.91 Å². The average molecular weight is 325 g/mol. The zero-order chi connectivity index (χ0) is 16.1. The van der Waals surface area contributed by atoms with Crippen molar-refractivity contribution in [1.29, 1.82) is 0 Å². The van der Waals surface area contributed by atoms with Gasteiger partial charge in [0.15, 0.2) is 0 Å². The number of hydrogen-bond acceptors (Lipinski definition) is 4. The molecule has 5 nitrogen and oxygen atoms in total. The van der Waals surface area contributed by atoms with Crippen LogP contribution < -0.4 is 5.32 Å². The number of rotatable bonds is 4. The number of carbonyl (C=O) groups excluding carboxylic acids is 1. The van der Waals surface area contributed by atoms with Crippen LogP contribution in [-0.2, 0) is 6.54 Å². The van der Waals surface area contributed by atoms with E-state index < -0.39 is 0 Å². The van der Waals surface area contributed by atoms with Gasteiger partial charge in [-0.05, 0) is 29.8 Å². The minimum Gasteiger partial charge on any atom is -0.348 e. The molecule has 3 aromatic rings. The average Bonchev–Trinajstić information content (AvgIpc) is 2.61. The van der Waals surface area contributed by atoms with Gasteiger partial charge in [0.25, 0.3) is 5.91 Å². The maximum absolute atomic E-state index is 12.1. The second-order valence-electron chi connectivity index (χ2n) is 4.87. The molecule has 3 rings (SSSR count). The molecule has 0 atom stereocenters. The van der Waals surface area contributed by atoms with Gasteiger partial charge in [-0.15, -0.1) is 0 Å². The Morgan fingerprint density at radius 2 is 1.91 bits per heavy atom. The molecule has 1 aromatic carbocycles. The first-order valence-corrected chi connectivity index (χ1v) is 7.34. The molecule has 0 aliphatic carbocycles. The number of benzene rings is 1. The summed E-state index contributed by atoms with van der Waals surface area (Å²) in [5.74, 6) is -0.187. The quantitative estimate of drug-likeness (QED) is 0.800. The Morgan fingerprint density at radius 3 is 2.61 bits per heavy atom. The zero-order valence-corrected chi connectivity index (χ0v) is 12.9. The highest BCUT2D eigenvalue weighted by Crippen LogP contribution is 2.14. The largest absolute Gasteiger partial charge is 0.348 e. The van der Waals surface area contributed by atoms with E-state index in [9.17, 15) is 4.79 Å². The Hall–Kier alpha value is -2.79. The molecule has 0 radical (unpaired) electrons. The molecule has 23 heavy (non-hydrogen) atoms. The number of amides is 1. The van der Waals surface area contributed by atoms with E-state index in [0.717, 1.165) is 16.8 Å². The van der Waals surface area contributed by atoms with Crippen molar-refractivity contribution in [3.8, 4) is 11.3 Å². The van der Waals surface area contributed by atoms with Crippen molar-refractivity contribution in [1.82, 2.24) is 20.3 Å². The van der Waals surface area contributed by atoms with Crippen LogP contribution in [0.2, 0.25) is 5.02 Å². The van der Waals surface area contributed by atoms with Crippen molar-refractivity contribution in [2.75, 3.05) is 0 Å². The van der Waals surface area contributed by atoms with Crippen LogP contribution in [0, 0.1) is 0 Å². The highest BCUT2D eigenvalue weighted by atomic mass is 35.5. The van der Waals surface area contributed by atoms with Crippen LogP contribution >= 0.6 is 11.6 Å². The fraction of sp³-hybridized carbons (Fsp3) is 0.0588. The standard InChI is InChI=1S/C17H13ClN4O/c18-15-3-1-2-12(6-15)7-22-17(23)13-4-5-16(21-10-13)14-8-19-11-20-9-14/h1-6,8-11H,7H2,(H,22,23). The Morgan fingerprint density at radius 1 is 1.09 bits per heavy atom. The minimum atomic E-state index is -0.187. The van der Waals surface area contributed by atoms with Gasteiger partial charge in [0, 0.05) is 35.7 Å². The molecule has 0 bridgehead atoms. The van der Waals surface area contributed by atoms with Crippen molar-refractivity contribution >= 4 is 17.5 Å². The van der Waals surface area contributed by atoms with E-state index >= 15 is 0 Å². The maximum atomic E-state index is 12.1. The minimum absolute atomic E-state index is 0.187. The summed E-state index contributed by atoms with van der Waals surface area (Å²) in [6.07, 6.45) is 6.35. The van der Waals surface area contributed by atoms with E-state index in [1.54, 1.807) is 30.6 Å². The van der Waals surface area contributed by atoms with Crippen LogP contribution in [0.5, 0.6) is 0 Å². The summed E-state index contributed by atoms with van der Waals surface area (Å²) in [6.45, 7) is 0.410. The van der Waals surface area contributed by atoms with E-state index in [2.05, 4.69) is 20.3 Å². The first-order chi connectivity index (χ1) is 11.2. The molecule has 1 amide bonds. The number of nitrogens with one attached hydrogen (secondary N) is 1. The van der Waals surface area contributed by atoms with Crippen molar-refractivity contribution < 1.29 is 4.79 Å². The van der Waals surface area contributed by atoms with E-state index in [4.69, 9.17) is 11.6 Å². The summed E-state index contributed by atoms with van der Waals surface area (Å²) in [7, 11) is 0. The van der Waals surface area contributed by atoms with Gasteiger partial charge >= 0.3 is 0 Å². The van der Waals surface area contributed by atoms with Crippen molar-refractivity contribution in [2.24, 2.45) is 0 Å². The normalized spacial score (nSPS) is 10.3. The number of pyridine rings is 1. The molecule has 0 aliphatic rings. The fourth-order valence-corrected chi connectivity index (χ4v) is 2.27. The third kappa shape index (κ3) is 3.90. The van der Waals surface area contributed by atoms with Crippen LogP contribution in [0.1, 0.15) is 15.9 Å². The lowest BCUT2D eigenvalue weighted by atomic mass is 10.2. The van der Waals surface area contributed by atoms with Gasteiger partial charge in [-0.25, -0.2) is 9.97 Å². The van der Waals surface area contributed by atoms with Crippen molar-refractivity contribution in [2.45, 2.75) is 6.54 Å². The molecule has 0 saturated carbocycles. The van der Waals surface area contributed by atoms with Crippen LogP contribution in [0.3, 0.4) is 0 Å². The Labute approximate surface area is 138 Å². The van der Waals surface area contributed by atoms with E-state index in [1.807, 2.05) is 18.2 Å². The summed E-state index contributed by atoms with van der Waals surface area (Å²) < 4.78 is 0.